The van der Waals surface area contributed by atoms with Crippen LogP contribution in [0.15, 0.2) is 28.6 Å². The zero-order valence-corrected chi connectivity index (χ0v) is 11.9. The van der Waals surface area contributed by atoms with Gasteiger partial charge >= 0.3 is 21.7 Å². The Balaban J connectivity index is 2.41. The predicted molar refractivity (Wildman–Crippen MR) is 64.8 cm³/mol. The number of hydrogen-bond acceptors (Lipinski definition) is 2. The molecule has 0 radical (unpaired) electrons. The van der Waals surface area contributed by atoms with Crippen LogP contribution in [0, 0.1) is 0 Å². The van der Waals surface area contributed by atoms with Gasteiger partial charge in [-0.05, 0) is 6.07 Å². The number of benzene rings is 1. The van der Waals surface area contributed by atoms with Crippen LogP contribution in [0.3, 0.4) is 0 Å². The number of thioether (sulfide) groups is 1. The fraction of sp³-hybridized carbons (Fsp3) is 0.364. The quantitative estimate of drug-likeness (QED) is 0.444. The van der Waals surface area contributed by atoms with Gasteiger partial charge in [-0.3, -0.25) is 0 Å². The molecule has 1 aromatic carbocycles. The van der Waals surface area contributed by atoms with Crippen molar-refractivity contribution in [2.75, 3.05) is 0 Å². The number of aryl methyl sites for hydroxylation is 1. The van der Waals surface area contributed by atoms with Gasteiger partial charge in [0.2, 0.25) is 5.52 Å². The summed E-state index contributed by atoms with van der Waals surface area (Å²) >= 11 is -0.0670. The van der Waals surface area contributed by atoms with Crippen molar-refractivity contribution in [1.82, 2.24) is 0 Å². The van der Waals surface area contributed by atoms with Crippen molar-refractivity contribution in [3.05, 3.63) is 24.3 Å². The molecule has 10 heteroatoms. The van der Waals surface area contributed by atoms with Crippen LogP contribution in [0.1, 0.15) is 0 Å². The number of aromatic nitrogens is 1. The lowest BCUT2D eigenvalue weighted by Crippen LogP contribution is -2.50. The number of halogens is 7. The number of para-hydroxylation sites is 1. The third kappa shape index (κ3) is 2.70. The first kappa shape index (κ1) is 16.3. The Morgan fingerprint density at radius 3 is 2.10 bits per heavy atom. The molecule has 0 spiro atoms. The summed E-state index contributed by atoms with van der Waals surface area (Å²) in [5, 5.41) is -5.30. The zero-order chi connectivity index (χ0) is 16.1. The number of hydrogen-bond donors (Lipinski definition) is 0. The molecular weight excluding hydrogens is 343 g/mol. The minimum atomic E-state index is -6.32. The maximum atomic E-state index is 13.4. The lowest BCUT2D eigenvalue weighted by Gasteiger charge is -2.25. The molecule has 0 unspecified atom stereocenters. The van der Waals surface area contributed by atoms with E-state index < -0.39 is 29.1 Å². The molecule has 0 amide bonds. The summed E-state index contributed by atoms with van der Waals surface area (Å²) in [5.74, 6) is -6.12. The summed E-state index contributed by atoms with van der Waals surface area (Å²) in [4.78, 5) is 0. The lowest BCUT2D eigenvalue weighted by molar-refractivity contribution is -0.677. The van der Waals surface area contributed by atoms with Crippen molar-refractivity contribution >= 4 is 33.3 Å². The number of rotatable bonds is 3. The zero-order valence-electron chi connectivity index (χ0n) is 10.2. The van der Waals surface area contributed by atoms with Crippen LogP contribution in [0.5, 0.6) is 0 Å². The second kappa shape index (κ2) is 5.01. The van der Waals surface area contributed by atoms with E-state index >= 15 is 0 Å². The Bertz CT molecular complexity index is 662. The van der Waals surface area contributed by atoms with Gasteiger partial charge in [0.15, 0.2) is 0 Å². The van der Waals surface area contributed by atoms with Gasteiger partial charge in [0.25, 0.3) is 0 Å². The lowest BCUT2D eigenvalue weighted by atomic mass is 10.3. The fourth-order valence-electron chi connectivity index (χ4n) is 1.51. The van der Waals surface area contributed by atoms with Gasteiger partial charge in [-0.15, -0.1) is 0 Å². The van der Waals surface area contributed by atoms with Crippen LogP contribution in [0.4, 0.5) is 30.7 Å². The molecule has 1 aromatic heterocycles. The van der Waals surface area contributed by atoms with Crippen molar-refractivity contribution in [3.8, 4) is 0 Å². The smallest absolute Gasteiger partial charge is 0.188 e. The molecule has 116 valence electrons. The predicted octanol–water partition coefficient (Wildman–Crippen LogP) is 4.61. The Morgan fingerprint density at radius 1 is 1.00 bits per heavy atom. The normalized spacial score (nSPS) is 13.9. The maximum absolute atomic E-state index is 13.4. The van der Waals surface area contributed by atoms with Gasteiger partial charge < -0.3 is 0 Å². The van der Waals surface area contributed by atoms with Crippen molar-refractivity contribution in [1.29, 1.82) is 0 Å². The first-order chi connectivity index (χ1) is 9.47. The van der Waals surface area contributed by atoms with E-state index in [0.717, 1.165) is 15.9 Å². The van der Waals surface area contributed by atoms with Crippen molar-refractivity contribution < 1.29 is 35.3 Å². The highest BCUT2D eigenvalue weighted by molar-refractivity contribution is 8.02. The van der Waals surface area contributed by atoms with Crippen molar-refractivity contribution in [2.24, 2.45) is 7.05 Å². The maximum Gasteiger partial charge on any atom is 0.460 e. The average molecular weight is 350 g/mol. The largest absolute Gasteiger partial charge is 0.460 e. The van der Waals surface area contributed by atoms with Crippen molar-refractivity contribution in [2.45, 2.75) is 21.7 Å². The molecule has 21 heavy (non-hydrogen) atoms. The molecule has 0 saturated carbocycles. The van der Waals surface area contributed by atoms with E-state index in [1.165, 1.54) is 7.05 Å². The third-order valence-corrected chi connectivity index (χ3v) is 5.11. The molecule has 0 aliphatic rings. The van der Waals surface area contributed by atoms with Gasteiger partial charge in [-0.25, -0.2) is 0 Å². The molecule has 0 N–H and O–H groups in total. The molecule has 0 aliphatic carbocycles. The van der Waals surface area contributed by atoms with Gasteiger partial charge in [-0.1, -0.05) is 23.5 Å². The van der Waals surface area contributed by atoms with E-state index in [1.807, 2.05) is 0 Å². The van der Waals surface area contributed by atoms with E-state index in [2.05, 4.69) is 0 Å². The summed E-state index contributed by atoms with van der Waals surface area (Å²) in [7, 11) is 1.32. The monoisotopic (exact) mass is 350 g/mol. The summed E-state index contributed by atoms with van der Waals surface area (Å²) in [6.07, 6.45) is -6.32. The van der Waals surface area contributed by atoms with Crippen LogP contribution in [-0.4, -0.2) is 17.4 Å². The van der Waals surface area contributed by atoms with E-state index in [0.29, 0.717) is 10.2 Å². The SMILES string of the molecule is C[n+]1c(SC(F)(F)C(F)(F)C(F)(F)F)sc2ccccc21. The van der Waals surface area contributed by atoms with Crippen LogP contribution in [-0.2, 0) is 7.05 Å². The Morgan fingerprint density at radius 2 is 1.57 bits per heavy atom. The van der Waals surface area contributed by atoms with Crippen LogP contribution >= 0.6 is 23.1 Å². The Hall–Kier alpha value is -1.03. The highest BCUT2D eigenvalue weighted by Gasteiger charge is 2.74. The van der Waals surface area contributed by atoms with Crippen LogP contribution < -0.4 is 4.57 Å². The summed E-state index contributed by atoms with van der Waals surface area (Å²) in [6.45, 7) is 0. The Labute approximate surface area is 122 Å². The van der Waals surface area contributed by atoms with Gasteiger partial charge in [-0.2, -0.15) is 35.3 Å². The molecule has 0 atom stereocenters. The highest BCUT2D eigenvalue weighted by Crippen LogP contribution is 2.54. The minimum Gasteiger partial charge on any atom is -0.188 e. The van der Waals surface area contributed by atoms with Gasteiger partial charge in [0.05, 0.1) is 0 Å². The van der Waals surface area contributed by atoms with Crippen molar-refractivity contribution in [3.63, 3.8) is 0 Å². The second-order valence-electron chi connectivity index (χ2n) is 4.09. The fourth-order valence-corrected chi connectivity index (χ4v) is 3.84. The molecule has 2 rings (SSSR count). The first-order valence-electron chi connectivity index (χ1n) is 5.36. The van der Waals surface area contributed by atoms with E-state index in [-0.39, 0.29) is 4.34 Å². The van der Waals surface area contributed by atoms with Crippen LogP contribution in [0.25, 0.3) is 10.2 Å². The molecule has 1 nitrogen and oxygen atoms in total. The topological polar surface area (TPSA) is 3.88 Å². The summed E-state index contributed by atoms with van der Waals surface area (Å²) < 4.78 is 90.1. The summed E-state index contributed by atoms with van der Waals surface area (Å²) in [6, 6.07) is 6.32. The van der Waals surface area contributed by atoms with Crippen LogP contribution in [0.2, 0.25) is 0 Å². The first-order valence-corrected chi connectivity index (χ1v) is 6.99. The Kier molecular flexibility index (Phi) is 3.90. The van der Waals surface area contributed by atoms with E-state index in [9.17, 15) is 30.7 Å². The molecule has 0 aliphatic heterocycles. The third-order valence-electron chi connectivity index (χ3n) is 2.63. The molecule has 0 saturated heterocycles. The highest BCUT2D eigenvalue weighted by atomic mass is 32.2. The minimum absolute atomic E-state index is 0.342. The number of nitrogens with zero attached hydrogens (tertiary/aromatic N) is 1. The molecular formula is C11H7F7NS2+. The average Bonchev–Trinajstić information content (AvgIpc) is 2.65. The number of fused-ring (bicyclic) bond motifs is 1. The summed E-state index contributed by atoms with van der Waals surface area (Å²) in [5.41, 5.74) is 0.469. The standard InChI is InChI=1S/C11H7F7NS2/c1-19-6-4-2-3-5-7(6)20-8(19)21-11(17,18)9(12,13)10(14,15)16/h2-5H,1H3/q+1. The van der Waals surface area contributed by atoms with Gasteiger partial charge in [0.1, 0.15) is 11.7 Å². The van der Waals surface area contributed by atoms with E-state index in [1.54, 1.807) is 24.3 Å². The molecule has 2 aromatic rings. The van der Waals surface area contributed by atoms with Gasteiger partial charge in [0, 0.05) is 17.8 Å². The molecule has 1 heterocycles. The number of thiazole rings is 1. The number of alkyl halides is 7. The second-order valence-corrected chi connectivity index (χ2v) is 6.48. The molecule has 0 bridgehead atoms. The molecule has 0 fully saturated rings. The van der Waals surface area contributed by atoms with E-state index in [4.69, 9.17) is 0 Å².